The monoisotopic (exact) mass is 391 g/mol. The highest BCUT2D eigenvalue weighted by Crippen LogP contribution is 2.26. The van der Waals surface area contributed by atoms with Crippen LogP contribution in [-0.2, 0) is 24.2 Å². The van der Waals surface area contributed by atoms with Gasteiger partial charge in [-0.2, -0.15) is 0 Å². The van der Waals surface area contributed by atoms with Crippen molar-refractivity contribution in [3.63, 3.8) is 0 Å². The van der Waals surface area contributed by atoms with Gasteiger partial charge in [-0.15, -0.1) is 0 Å². The molecule has 1 N–H and O–H groups in total. The summed E-state index contributed by atoms with van der Waals surface area (Å²) in [5.74, 6) is 0.414. The number of nitrogens with zero attached hydrogens (tertiary/aromatic N) is 2. The summed E-state index contributed by atoms with van der Waals surface area (Å²) in [4.78, 5) is 29.7. The number of rotatable bonds is 5. The van der Waals surface area contributed by atoms with E-state index in [1.165, 1.54) is 11.8 Å². The Balaban J connectivity index is 1.62. The number of thioether (sulfide) groups is 1. The van der Waals surface area contributed by atoms with E-state index in [-0.39, 0.29) is 17.4 Å². The smallest absolute Gasteiger partial charge is 0.257 e. The Morgan fingerprint density at radius 1 is 1.38 bits per heavy atom. The van der Waals surface area contributed by atoms with E-state index in [4.69, 9.17) is 11.6 Å². The molecule has 0 aliphatic carbocycles. The fourth-order valence-corrected chi connectivity index (χ4v) is 4.33. The van der Waals surface area contributed by atoms with Crippen molar-refractivity contribution in [3.05, 3.63) is 56.5 Å². The lowest BCUT2D eigenvalue weighted by molar-refractivity contribution is -0.124. The van der Waals surface area contributed by atoms with Crippen molar-refractivity contribution >= 4 is 29.3 Å². The van der Waals surface area contributed by atoms with Gasteiger partial charge in [-0.25, -0.2) is 4.98 Å². The van der Waals surface area contributed by atoms with Gasteiger partial charge in [0.25, 0.3) is 5.56 Å². The van der Waals surface area contributed by atoms with Crippen molar-refractivity contribution in [2.75, 3.05) is 12.3 Å². The van der Waals surface area contributed by atoms with Crippen LogP contribution in [0.2, 0.25) is 5.02 Å². The zero-order valence-corrected chi connectivity index (χ0v) is 16.5. The molecule has 1 aromatic carbocycles. The van der Waals surface area contributed by atoms with E-state index in [0.717, 1.165) is 28.4 Å². The van der Waals surface area contributed by atoms with E-state index < -0.39 is 0 Å². The molecule has 7 heteroatoms. The van der Waals surface area contributed by atoms with Gasteiger partial charge in [0.2, 0.25) is 5.91 Å². The minimum Gasteiger partial charge on any atom is -0.355 e. The molecule has 0 saturated heterocycles. The molecule has 1 amide bonds. The van der Waals surface area contributed by atoms with Crippen molar-refractivity contribution in [3.8, 4) is 0 Å². The average molecular weight is 392 g/mol. The van der Waals surface area contributed by atoms with Crippen LogP contribution in [0.5, 0.6) is 0 Å². The Bertz CT molecular complexity index is 864. The van der Waals surface area contributed by atoms with Gasteiger partial charge in [-0.05, 0) is 37.5 Å². The number of amides is 1. The topological polar surface area (TPSA) is 64.0 Å². The summed E-state index contributed by atoms with van der Waals surface area (Å²) in [6.07, 6.45) is 1.40. The second kappa shape index (κ2) is 8.27. The number of carbonyl (C=O) groups is 1. The molecule has 5 nitrogen and oxygen atoms in total. The highest BCUT2D eigenvalue weighted by Gasteiger charge is 2.27. The summed E-state index contributed by atoms with van der Waals surface area (Å²) in [6, 6.07) is 7.61. The summed E-state index contributed by atoms with van der Waals surface area (Å²) in [6.45, 7) is 4.79. The fraction of sp³-hybridized carbons (Fsp3) is 0.421. The molecule has 1 aliphatic rings. The van der Waals surface area contributed by atoms with Gasteiger partial charge >= 0.3 is 0 Å². The van der Waals surface area contributed by atoms with E-state index in [0.29, 0.717) is 30.3 Å². The van der Waals surface area contributed by atoms with Gasteiger partial charge in [0.15, 0.2) is 5.16 Å². The second-order valence-electron chi connectivity index (χ2n) is 6.40. The third kappa shape index (κ3) is 4.13. The first-order valence-corrected chi connectivity index (χ1v) is 10.1. The Morgan fingerprint density at radius 2 is 2.12 bits per heavy atom. The molecular weight excluding hydrogens is 370 g/mol. The number of aryl methyl sites for hydroxylation is 1. The van der Waals surface area contributed by atoms with Gasteiger partial charge in [0, 0.05) is 35.1 Å². The molecule has 26 heavy (non-hydrogen) atoms. The summed E-state index contributed by atoms with van der Waals surface area (Å²) in [5, 5.41) is 4.41. The predicted octanol–water partition coefficient (Wildman–Crippen LogP) is 2.85. The van der Waals surface area contributed by atoms with Crippen LogP contribution in [0, 0.1) is 12.8 Å². The van der Waals surface area contributed by atoms with Crippen LogP contribution in [0.4, 0.5) is 0 Å². The number of aromatic nitrogens is 2. The van der Waals surface area contributed by atoms with E-state index in [2.05, 4.69) is 10.3 Å². The molecule has 3 rings (SSSR count). The second-order valence-corrected chi connectivity index (χ2v) is 7.83. The molecule has 1 aliphatic heterocycles. The highest BCUT2D eigenvalue weighted by molar-refractivity contribution is 7.99. The standard InChI is InChI=1S/C19H22ClN3O2S/c1-3-16-12(2)22-19-23(18(16)25)10-14(11-26-19)17(24)21-9-8-13-4-6-15(20)7-5-13/h4-7,14H,3,8-11H2,1-2H3,(H,21,24). The number of benzene rings is 1. The highest BCUT2D eigenvalue weighted by atomic mass is 35.5. The Labute approximate surface area is 162 Å². The molecule has 2 aromatic rings. The van der Waals surface area contributed by atoms with Crippen LogP contribution < -0.4 is 10.9 Å². The SMILES string of the molecule is CCc1c(C)nc2n(c1=O)CC(C(=O)NCCc1ccc(Cl)cc1)CS2. The molecule has 0 fully saturated rings. The maximum Gasteiger partial charge on any atom is 0.257 e. The predicted molar refractivity (Wildman–Crippen MR) is 105 cm³/mol. The maximum absolute atomic E-state index is 12.6. The first-order valence-electron chi connectivity index (χ1n) is 8.74. The normalized spacial score (nSPS) is 16.2. The van der Waals surface area contributed by atoms with Crippen LogP contribution in [0.15, 0.2) is 34.2 Å². The molecule has 0 saturated carbocycles. The lowest BCUT2D eigenvalue weighted by atomic mass is 10.1. The molecule has 0 bridgehead atoms. The summed E-state index contributed by atoms with van der Waals surface area (Å²) >= 11 is 7.36. The van der Waals surface area contributed by atoms with Crippen LogP contribution in [0.25, 0.3) is 0 Å². The fourth-order valence-electron chi connectivity index (χ4n) is 3.09. The van der Waals surface area contributed by atoms with Crippen LogP contribution in [0.3, 0.4) is 0 Å². The Kier molecular flexibility index (Phi) is 6.04. The quantitative estimate of drug-likeness (QED) is 0.796. The number of hydrogen-bond acceptors (Lipinski definition) is 4. The number of nitrogens with one attached hydrogen (secondary N) is 1. The molecule has 1 atom stereocenters. The average Bonchev–Trinajstić information content (AvgIpc) is 2.63. The van der Waals surface area contributed by atoms with Gasteiger partial charge < -0.3 is 5.32 Å². The minimum absolute atomic E-state index is 0.0114. The van der Waals surface area contributed by atoms with Crippen LogP contribution in [0.1, 0.15) is 23.7 Å². The molecule has 1 aromatic heterocycles. The van der Waals surface area contributed by atoms with Crippen LogP contribution >= 0.6 is 23.4 Å². The molecule has 138 valence electrons. The van der Waals surface area contributed by atoms with Gasteiger partial charge in [-0.3, -0.25) is 14.2 Å². The van der Waals surface area contributed by atoms with Crippen molar-refractivity contribution in [2.45, 2.75) is 38.4 Å². The zero-order chi connectivity index (χ0) is 18.7. The van der Waals surface area contributed by atoms with Crippen molar-refractivity contribution in [1.29, 1.82) is 0 Å². The lowest BCUT2D eigenvalue weighted by Gasteiger charge is -2.25. The Hall–Kier alpha value is -1.79. The Morgan fingerprint density at radius 3 is 2.81 bits per heavy atom. The molecule has 0 spiro atoms. The van der Waals surface area contributed by atoms with Gasteiger partial charge in [-0.1, -0.05) is 42.4 Å². The third-order valence-corrected chi connectivity index (χ3v) is 5.99. The van der Waals surface area contributed by atoms with Gasteiger partial charge in [0.05, 0.1) is 5.92 Å². The van der Waals surface area contributed by atoms with E-state index in [1.807, 2.05) is 38.1 Å². The zero-order valence-electron chi connectivity index (χ0n) is 14.9. The number of fused-ring (bicyclic) bond motifs is 1. The third-order valence-electron chi connectivity index (χ3n) is 4.60. The first-order chi connectivity index (χ1) is 12.5. The molecule has 2 heterocycles. The molecular formula is C19H22ClN3O2S. The lowest BCUT2D eigenvalue weighted by Crippen LogP contribution is -2.41. The number of halogens is 1. The maximum atomic E-state index is 12.6. The molecule has 1 unspecified atom stereocenters. The summed E-state index contributed by atoms with van der Waals surface area (Å²) in [7, 11) is 0. The van der Waals surface area contributed by atoms with E-state index in [1.54, 1.807) is 4.57 Å². The minimum atomic E-state index is -0.218. The summed E-state index contributed by atoms with van der Waals surface area (Å²) < 4.78 is 1.66. The van der Waals surface area contributed by atoms with Crippen molar-refractivity contribution < 1.29 is 4.79 Å². The first kappa shape index (κ1) is 19.0. The van der Waals surface area contributed by atoms with E-state index in [9.17, 15) is 9.59 Å². The van der Waals surface area contributed by atoms with E-state index >= 15 is 0 Å². The van der Waals surface area contributed by atoms with Crippen molar-refractivity contribution in [2.24, 2.45) is 5.92 Å². The van der Waals surface area contributed by atoms with Crippen molar-refractivity contribution in [1.82, 2.24) is 14.9 Å². The van der Waals surface area contributed by atoms with Gasteiger partial charge in [0.1, 0.15) is 0 Å². The number of hydrogen-bond donors (Lipinski definition) is 1. The largest absolute Gasteiger partial charge is 0.355 e. The molecule has 0 radical (unpaired) electrons. The summed E-state index contributed by atoms with van der Waals surface area (Å²) in [5.41, 5.74) is 2.64. The van der Waals surface area contributed by atoms with Crippen LogP contribution in [-0.4, -0.2) is 27.8 Å². The number of carbonyl (C=O) groups excluding carboxylic acids is 1.